The minimum absolute atomic E-state index is 0.0650. The van der Waals surface area contributed by atoms with E-state index in [1.54, 1.807) is 38.1 Å². The van der Waals surface area contributed by atoms with Crippen LogP contribution in [0.15, 0.2) is 30.5 Å². The van der Waals surface area contributed by atoms with E-state index in [1.165, 1.54) is 6.20 Å². The van der Waals surface area contributed by atoms with Gasteiger partial charge in [0, 0.05) is 11.8 Å². The van der Waals surface area contributed by atoms with E-state index >= 15 is 0 Å². The zero-order valence-electron chi connectivity index (χ0n) is 11.9. The van der Waals surface area contributed by atoms with Gasteiger partial charge in [-0.1, -0.05) is 12.1 Å². The molecule has 0 atom stereocenters. The molecule has 110 valence electrons. The molecule has 0 radical (unpaired) electrons. The lowest BCUT2D eigenvalue weighted by molar-refractivity contribution is -0.386. The normalized spacial score (nSPS) is 10.4. The highest BCUT2D eigenvalue weighted by atomic mass is 16.6. The van der Waals surface area contributed by atoms with Crippen LogP contribution in [0.2, 0.25) is 0 Å². The molecular formula is C15H16N2O4. The molecule has 0 saturated carbocycles. The molecule has 0 spiro atoms. The highest BCUT2D eigenvalue weighted by molar-refractivity contribution is 5.47. The number of benzene rings is 1. The summed E-state index contributed by atoms with van der Waals surface area (Å²) in [7, 11) is 0. The maximum absolute atomic E-state index is 11.1. The fourth-order valence-electron chi connectivity index (χ4n) is 2.08. The highest BCUT2D eigenvalue weighted by Crippen LogP contribution is 2.25. The topological polar surface area (TPSA) is 85.5 Å². The van der Waals surface area contributed by atoms with Crippen molar-refractivity contribution in [3.8, 4) is 5.75 Å². The minimum Gasteiger partial charge on any atom is -0.487 e. The maximum Gasteiger partial charge on any atom is 0.278 e. The first kappa shape index (κ1) is 14.9. The summed E-state index contributed by atoms with van der Waals surface area (Å²) in [5, 5.41) is 20.1. The van der Waals surface area contributed by atoms with Crippen LogP contribution in [0.25, 0.3) is 0 Å². The molecule has 2 aromatic rings. The van der Waals surface area contributed by atoms with Gasteiger partial charge in [0.05, 0.1) is 22.8 Å². The van der Waals surface area contributed by atoms with Gasteiger partial charge in [-0.15, -0.1) is 0 Å². The molecule has 1 heterocycles. The number of aliphatic hydroxyl groups is 1. The molecule has 1 N–H and O–H groups in total. The minimum atomic E-state index is -0.401. The number of aryl methyl sites for hydroxylation is 1. The van der Waals surface area contributed by atoms with Crippen molar-refractivity contribution in [2.24, 2.45) is 0 Å². The zero-order chi connectivity index (χ0) is 15.4. The average Bonchev–Trinajstić information content (AvgIpc) is 2.46. The second kappa shape index (κ2) is 6.32. The summed E-state index contributed by atoms with van der Waals surface area (Å²) in [6, 6.07) is 7.04. The molecule has 1 aromatic heterocycles. The Morgan fingerprint density at radius 2 is 2.14 bits per heavy atom. The van der Waals surface area contributed by atoms with Gasteiger partial charge >= 0.3 is 0 Å². The summed E-state index contributed by atoms with van der Waals surface area (Å²) in [5.74, 6) is 0.589. The number of aromatic nitrogens is 1. The predicted molar refractivity (Wildman–Crippen MR) is 77.1 cm³/mol. The summed E-state index contributed by atoms with van der Waals surface area (Å²) < 4.78 is 5.59. The molecule has 21 heavy (non-hydrogen) atoms. The number of hydrogen-bond donors (Lipinski definition) is 1. The molecule has 0 aliphatic heterocycles. The Morgan fingerprint density at radius 1 is 1.38 bits per heavy atom. The Hall–Kier alpha value is -2.47. The summed E-state index contributed by atoms with van der Waals surface area (Å²) in [6.07, 6.45) is 1.48. The van der Waals surface area contributed by atoms with Crippen LogP contribution in [0.1, 0.15) is 22.4 Å². The molecular weight excluding hydrogens is 272 g/mol. The Labute approximate surface area is 122 Å². The van der Waals surface area contributed by atoms with E-state index in [2.05, 4.69) is 4.98 Å². The quantitative estimate of drug-likeness (QED) is 0.675. The van der Waals surface area contributed by atoms with Gasteiger partial charge in [-0.2, -0.15) is 0 Å². The molecule has 6 heteroatoms. The van der Waals surface area contributed by atoms with E-state index in [4.69, 9.17) is 9.84 Å². The zero-order valence-corrected chi connectivity index (χ0v) is 11.9. The van der Waals surface area contributed by atoms with Crippen molar-refractivity contribution in [3.05, 3.63) is 63.0 Å². The number of rotatable bonds is 5. The van der Waals surface area contributed by atoms with Crippen molar-refractivity contribution >= 4 is 5.69 Å². The summed E-state index contributed by atoms with van der Waals surface area (Å²) in [4.78, 5) is 14.9. The van der Waals surface area contributed by atoms with Gasteiger partial charge in [-0.25, -0.2) is 0 Å². The summed E-state index contributed by atoms with van der Waals surface area (Å²) in [6.45, 7) is 3.40. The van der Waals surface area contributed by atoms with Crippen LogP contribution >= 0.6 is 0 Å². The monoisotopic (exact) mass is 288 g/mol. The second-order valence-corrected chi connectivity index (χ2v) is 4.71. The Kier molecular flexibility index (Phi) is 4.49. The third kappa shape index (κ3) is 3.35. The lowest BCUT2D eigenvalue weighted by atomic mass is 10.1. The van der Waals surface area contributed by atoms with E-state index in [1.807, 2.05) is 0 Å². The largest absolute Gasteiger partial charge is 0.487 e. The molecule has 2 rings (SSSR count). The number of nitrogens with zero attached hydrogens (tertiary/aromatic N) is 2. The van der Waals surface area contributed by atoms with Crippen molar-refractivity contribution < 1.29 is 14.8 Å². The first-order valence-corrected chi connectivity index (χ1v) is 6.45. The van der Waals surface area contributed by atoms with E-state index in [-0.39, 0.29) is 18.9 Å². The molecule has 1 aromatic carbocycles. The van der Waals surface area contributed by atoms with Crippen LogP contribution in [0.3, 0.4) is 0 Å². The fraction of sp³-hybridized carbons (Fsp3) is 0.267. The second-order valence-electron chi connectivity index (χ2n) is 4.71. The van der Waals surface area contributed by atoms with Gasteiger partial charge in [0.2, 0.25) is 0 Å². The van der Waals surface area contributed by atoms with Crippen LogP contribution in [-0.4, -0.2) is 15.0 Å². The van der Waals surface area contributed by atoms with Crippen LogP contribution in [-0.2, 0) is 13.2 Å². The number of pyridine rings is 1. The molecule has 0 amide bonds. The van der Waals surface area contributed by atoms with Gasteiger partial charge in [0.25, 0.3) is 5.69 Å². The molecule has 0 saturated heterocycles. The van der Waals surface area contributed by atoms with Crippen LogP contribution in [0.5, 0.6) is 5.75 Å². The van der Waals surface area contributed by atoms with Crippen molar-refractivity contribution in [1.29, 1.82) is 0 Å². The summed E-state index contributed by atoms with van der Waals surface area (Å²) >= 11 is 0. The lowest BCUT2D eigenvalue weighted by Gasteiger charge is -2.10. The van der Waals surface area contributed by atoms with Crippen molar-refractivity contribution in [1.82, 2.24) is 4.98 Å². The number of ether oxygens (including phenoxy) is 1. The highest BCUT2D eigenvalue weighted by Gasteiger charge is 2.18. The van der Waals surface area contributed by atoms with Crippen LogP contribution in [0.4, 0.5) is 5.69 Å². The van der Waals surface area contributed by atoms with Gasteiger partial charge in [-0.3, -0.25) is 15.1 Å². The molecule has 0 bridgehead atoms. The molecule has 0 aliphatic rings. The molecule has 0 aliphatic carbocycles. The standard InChI is InChI=1S/C15H16N2O4/c1-10-7-16-14(11(2)15(10)17(19)20)9-21-13-5-3-4-12(6-13)8-18/h3-7,18H,8-9H2,1-2H3. The van der Waals surface area contributed by atoms with Gasteiger partial charge in [0.1, 0.15) is 12.4 Å². The van der Waals surface area contributed by atoms with Crippen molar-refractivity contribution in [2.45, 2.75) is 27.1 Å². The van der Waals surface area contributed by atoms with Crippen LogP contribution < -0.4 is 4.74 Å². The predicted octanol–water partition coefficient (Wildman–Crippen LogP) is 2.68. The number of aliphatic hydroxyl groups excluding tert-OH is 1. The Balaban J connectivity index is 2.20. The Bertz CT molecular complexity index is 671. The van der Waals surface area contributed by atoms with E-state index in [0.717, 1.165) is 5.56 Å². The van der Waals surface area contributed by atoms with Gasteiger partial charge in [-0.05, 0) is 31.5 Å². The molecule has 0 fully saturated rings. The van der Waals surface area contributed by atoms with Gasteiger partial charge < -0.3 is 9.84 Å². The van der Waals surface area contributed by atoms with Crippen LogP contribution in [0, 0.1) is 24.0 Å². The van der Waals surface area contributed by atoms with E-state index < -0.39 is 4.92 Å². The lowest BCUT2D eigenvalue weighted by Crippen LogP contribution is -2.05. The van der Waals surface area contributed by atoms with E-state index in [0.29, 0.717) is 22.6 Å². The first-order chi connectivity index (χ1) is 10.0. The molecule has 6 nitrogen and oxygen atoms in total. The third-order valence-corrected chi connectivity index (χ3v) is 3.21. The average molecular weight is 288 g/mol. The first-order valence-electron chi connectivity index (χ1n) is 6.45. The molecule has 0 unspecified atom stereocenters. The number of nitro groups is 1. The number of hydrogen-bond acceptors (Lipinski definition) is 5. The van der Waals surface area contributed by atoms with Gasteiger partial charge in [0.15, 0.2) is 0 Å². The fourth-order valence-corrected chi connectivity index (χ4v) is 2.08. The third-order valence-electron chi connectivity index (χ3n) is 3.21. The smallest absolute Gasteiger partial charge is 0.278 e. The maximum atomic E-state index is 11.1. The summed E-state index contributed by atoms with van der Waals surface area (Å²) in [5.41, 5.74) is 2.39. The van der Waals surface area contributed by atoms with E-state index in [9.17, 15) is 10.1 Å². The Morgan fingerprint density at radius 3 is 2.81 bits per heavy atom. The SMILES string of the molecule is Cc1cnc(COc2cccc(CO)c2)c(C)c1[N+](=O)[O-]. The van der Waals surface area contributed by atoms with Crippen molar-refractivity contribution in [3.63, 3.8) is 0 Å². The van der Waals surface area contributed by atoms with Crippen molar-refractivity contribution in [2.75, 3.05) is 0 Å².